The quantitative estimate of drug-likeness (QED) is 0.651. The predicted octanol–water partition coefficient (Wildman–Crippen LogP) is 3.36. The number of benzene rings is 2. The molecule has 0 aliphatic carbocycles. The zero-order valence-corrected chi connectivity index (χ0v) is 16.3. The number of carbonyl (C=O) groups is 1. The predicted molar refractivity (Wildman–Crippen MR) is 108 cm³/mol. The van der Waals surface area contributed by atoms with Crippen molar-refractivity contribution in [3.63, 3.8) is 0 Å². The molecule has 30 heavy (non-hydrogen) atoms. The molecule has 156 valence electrons. The van der Waals surface area contributed by atoms with E-state index in [1.165, 1.54) is 18.2 Å². The summed E-state index contributed by atoms with van der Waals surface area (Å²) >= 11 is 0. The summed E-state index contributed by atoms with van der Waals surface area (Å²) in [4.78, 5) is 12.2. The maximum Gasteiger partial charge on any atom is 0.254 e. The second-order valence-corrected chi connectivity index (χ2v) is 7.38. The van der Waals surface area contributed by atoms with E-state index in [0.717, 1.165) is 11.3 Å². The number of halogens is 1. The van der Waals surface area contributed by atoms with Crippen LogP contribution in [0.2, 0.25) is 0 Å². The number of aromatic nitrogens is 1. The van der Waals surface area contributed by atoms with Crippen molar-refractivity contribution in [2.45, 2.75) is 37.6 Å². The van der Waals surface area contributed by atoms with Crippen LogP contribution < -0.4 is 5.32 Å². The highest BCUT2D eigenvalue weighted by molar-refractivity contribution is 5.94. The van der Waals surface area contributed by atoms with Gasteiger partial charge in [0.25, 0.3) is 5.91 Å². The minimum Gasteiger partial charge on any atom is -0.390 e. The van der Waals surface area contributed by atoms with Crippen LogP contribution in [0, 0.1) is 5.82 Å². The fourth-order valence-electron chi connectivity index (χ4n) is 3.60. The minimum atomic E-state index is -0.695. The van der Waals surface area contributed by atoms with Gasteiger partial charge in [-0.1, -0.05) is 47.6 Å². The highest BCUT2D eigenvalue weighted by atomic mass is 19.1. The van der Waals surface area contributed by atoms with Gasteiger partial charge in [0.15, 0.2) is 5.76 Å². The monoisotopic (exact) mass is 410 g/mol. The summed E-state index contributed by atoms with van der Waals surface area (Å²) in [5.41, 5.74) is 1.68. The van der Waals surface area contributed by atoms with Gasteiger partial charge in [0.1, 0.15) is 11.9 Å². The Bertz CT molecular complexity index is 992. The normalized spacial score (nSPS) is 21.3. The fourth-order valence-corrected chi connectivity index (χ4v) is 3.60. The van der Waals surface area contributed by atoms with Gasteiger partial charge in [0.2, 0.25) is 0 Å². The molecule has 0 radical (unpaired) electrons. The lowest BCUT2D eigenvalue weighted by Gasteiger charge is -2.33. The van der Waals surface area contributed by atoms with E-state index in [9.17, 15) is 14.3 Å². The van der Waals surface area contributed by atoms with Crippen LogP contribution in [0.15, 0.2) is 65.2 Å². The van der Waals surface area contributed by atoms with Crippen molar-refractivity contribution in [1.82, 2.24) is 10.5 Å². The molecular formula is C23H23FN2O4. The summed E-state index contributed by atoms with van der Waals surface area (Å²) in [6.07, 6.45) is 0.346. The number of nitrogens with one attached hydrogen (secondary N) is 1. The van der Waals surface area contributed by atoms with Gasteiger partial charge in [-0.15, -0.1) is 0 Å². The van der Waals surface area contributed by atoms with E-state index in [1.54, 1.807) is 6.07 Å². The van der Waals surface area contributed by atoms with Crippen LogP contribution in [-0.2, 0) is 11.2 Å². The first-order chi connectivity index (χ1) is 14.6. The number of ether oxygens (including phenoxy) is 1. The van der Waals surface area contributed by atoms with Crippen LogP contribution in [0.5, 0.6) is 0 Å². The molecule has 0 spiro atoms. The Kier molecular flexibility index (Phi) is 6.21. The summed E-state index contributed by atoms with van der Waals surface area (Å²) in [6.45, 7) is 0.0961. The molecular weight excluding hydrogens is 387 g/mol. The van der Waals surface area contributed by atoms with Gasteiger partial charge in [-0.2, -0.15) is 0 Å². The molecule has 2 heterocycles. The zero-order valence-electron chi connectivity index (χ0n) is 16.3. The molecule has 2 aromatic carbocycles. The number of carbonyl (C=O) groups excluding carboxylic acids is 1. The van der Waals surface area contributed by atoms with E-state index in [2.05, 4.69) is 10.5 Å². The van der Waals surface area contributed by atoms with Crippen LogP contribution in [0.25, 0.3) is 11.3 Å². The number of nitrogens with zero attached hydrogens (tertiary/aromatic N) is 1. The van der Waals surface area contributed by atoms with E-state index >= 15 is 0 Å². The van der Waals surface area contributed by atoms with Crippen molar-refractivity contribution in [3.05, 3.63) is 77.7 Å². The first-order valence-electron chi connectivity index (χ1n) is 9.97. The molecule has 0 unspecified atom stereocenters. The molecule has 1 aromatic heterocycles. The summed E-state index contributed by atoms with van der Waals surface area (Å²) in [6, 6.07) is 17.4. The van der Waals surface area contributed by atoms with Crippen LogP contribution in [0.3, 0.4) is 0 Å². The molecule has 4 rings (SSSR count). The molecule has 0 saturated carbocycles. The van der Waals surface area contributed by atoms with Gasteiger partial charge < -0.3 is 19.7 Å². The van der Waals surface area contributed by atoms with Crippen molar-refractivity contribution in [3.8, 4) is 11.3 Å². The average molecular weight is 410 g/mol. The minimum absolute atomic E-state index is 0.0320. The lowest BCUT2D eigenvalue weighted by atomic mass is 9.98. The second-order valence-electron chi connectivity index (χ2n) is 7.38. The van der Waals surface area contributed by atoms with E-state index in [4.69, 9.17) is 9.26 Å². The maximum atomic E-state index is 13.8. The highest BCUT2D eigenvalue weighted by Gasteiger charge is 2.31. The molecule has 3 atom stereocenters. The molecule has 6 nitrogen and oxygen atoms in total. The molecule has 0 bridgehead atoms. The Labute approximate surface area is 173 Å². The molecule has 1 aliphatic rings. The van der Waals surface area contributed by atoms with Gasteiger partial charge in [-0.3, -0.25) is 4.79 Å². The Morgan fingerprint density at radius 1 is 1.13 bits per heavy atom. The molecule has 1 saturated heterocycles. The third-order valence-corrected chi connectivity index (χ3v) is 5.22. The summed E-state index contributed by atoms with van der Waals surface area (Å²) < 4.78 is 25.2. The van der Waals surface area contributed by atoms with Crippen LogP contribution in [-0.4, -0.2) is 41.0 Å². The third kappa shape index (κ3) is 4.75. The fraction of sp³-hybridized carbons (Fsp3) is 0.304. The second kappa shape index (κ2) is 9.19. The molecule has 1 aliphatic heterocycles. The first kappa shape index (κ1) is 20.3. The van der Waals surface area contributed by atoms with Crippen molar-refractivity contribution in [1.29, 1.82) is 0 Å². The molecule has 3 aromatic rings. The van der Waals surface area contributed by atoms with Crippen LogP contribution in [0.1, 0.15) is 28.9 Å². The van der Waals surface area contributed by atoms with Crippen molar-refractivity contribution < 1.29 is 23.6 Å². The maximum absolute atomic E-state index is 13.8. The molecule has 1 amide bonds. The SMILES string of the molecule is O=C(NC[C@H]1O[C@H](Cc2cc(-c3ccccc3)on2)CC[C@@H]1O)c1ccccc1F. The van der Waals surface area contributed by atoms with Gasteiger partial charge in [0, 0.05) is 24.6 Å². The average Bonchev–Trinajstić information content (AvgIpc) is 3.23. The lowest BCUT2D eigenvalue weighted by Crippen LogP contribution is -2.46. The zero-order chi connectivity index (χ0) is 20.9. The summed E-state index contributed by atoms with van der Waals surface area (Å²) in [5.74, 6) is -0.427. The Balaban J connectivity index is 1.34. The van der Waals surface area contributed by atoms with E-state index < -0.39 is 23.9 Å². The van der Waals surface area contributed by atoms with Crippen molar-refractivity contribution in [2.24, 2.45) is 0 Å². The highest BCUT2D eigenvalue weighted by Crippen LogP contribution is 2.25. The molecule has 1 fully saturated rings. The van der Waals surface area contributed by atoms with Gasteiger partial charge in [-0.25, -0.2) is 4.39 Å². The standard InChI is InChI=1S/C23H23FN2O4/c24-19-9-5-4-8-18(19)23(28)25-14-22-20(27)11-10-17(29-22)12-16-13-21(30-26-16)15-6-2-1-3-7-15/h1-9,13,17,20,22,27H,10-12,14H2,(H,25,28)/t17-,20-,22+/m0/s1. The summed E-state index contributed by atoms with van der Waals surface area (Å²) in [5, 5.41) is 17.0. The number of amides is 1. The number of rotatable bonds is 6. The number of hydrogen-bond donors (Lipinski definition) is 2. The smallest absolute Gasteiger partial charge is 0.254 e. The first-order valence-corrected chi connectivity index (χ1v) is 9.97. The number of aliphatic hydroxyl groups is 1. The number of aliphatic hydroxyl groups excluding tert-OH is 1. The lowest BCUT2D eigenvalue weighted by molar-refractivity contribution is -0.114. The Morgan fingerprint density at radius 2 is 1.90 bits per heavy atom. The molecule has 7 heteroatoms. The van der Waals surface area contributed by atoms with E-state index in [1.807, 2.05) is 36.4 Å². The number of hydrogen-bond acceptors (Lipinski definition) is 5. The largest absolute Gasteiger partial charge is 0.390 e. The van der Waals surface area contributed by atoms with Crippen molar-refractivity contribution in [2.75, 3.05) is 6.54 Å². The topological polar surface area (TPSA) is 84.6 Å². The summed E-state index contributed by atoms with van der Waals surface area (Å²) in [7, 11) is 0. The third-order valence-electron chi connectivity index (χ3n) is 5.22. The molecule has 2 N–H and O–H groups in total. The van der Waals surface area contributed by atoms with E-state index in [-0.39, 0.29) is 18.2 Å². The van der Waals surface area contributed by atoms with Crippen LogP contribution in [0.4, 0.5) is 4.39 Å². The van der Waals surface area contributed by atoms with Crippen LogP contribution >= 0.6 is 0 Å². The van der Waals surface area contributed by atoms with Gasteiger partial charge in [-0.05, 0) is 25.0 Å². The Hall–Kier alpha value is -3.03. The van der Waals surface area contributed by atoms with Gasteiger partial charge in [0.05, 0.1) is 23.5 Å². The van der Waals surface area contributed by atoms with Crippen molar-refractivity contribution >= 4 is 5.91 Å². The Morgan fingerprint density at radius 3 is 2.70 bits per heavy atom. The van der Waals surface area contributed by atoms with Gasteiger partial charge >= 0.3 is 0 Å². The van der Waals surface area contributed by atoms with E-state index in [0.29, 0.717) is 25.0 Å².